The van der Waals surface area contributed by atoms with E-state index in [2.05, 4.69) is 31.5 Å². The topological polar surface area (TPSA) is 54.0 Å². The van der Waals surface area contributed by atoms with Crippen molar-refractivity contribution in [3.63, 3.8) is 0 Å². The number of carbonyl (C=O) groups is 1. The Morgan fingerprint density at radius 1 is 1.25 bits per heavy atom. The number of amides is 1. The smallest absolute Gasteiger partial charge is 0.238 e. The summed E-state index contributed by atoms with van der Waals surface area (Å²) >= 11 is 3.51. The van der Waals surface area contributed by atoms with Gasteiger partial charge in [0.1, 0.15) is 0 Å². The Kier molecular flexibility index (Phi) is 5.26. The van der Waals surface area contributed by atoms with Crippen molar-refractivity contribution in [3.05, 3.63) is 58.8 Å². The lowest BCUT2D eigenvalue weighted by molar-refractivity contribution is -0.115. The highest BCUT2D eigenvalue weighted by atomic mass is 79.9. The van der Waals surface area contributed by atoms with E-state index >= 15 is 0 Å². The van der Waals surface area contributed by atoms with E-state index in [1.54, 1.807) is 24.5 Å². The fraction of sp³-hybridized carbons (Fsp3) is 0.200. The molecule has 2 rings (SSSR count). The van der Waals surface area contributed by atoms with Gasteiger partial charge in [0.25, 0.3) is 0 Å². The van der Waals surface area contributed by atoms with Gasteiger partial charge in [-0.15, -0.1) is 0 Å². The number of benzene rings is 1. The van der Waals surface area contributed by atoms with Crippen LogP contribution < -0.4 is 10.6 Å². The molecular formula is C15H16BrN3O. The highest BCUT2D eigenvalue weighted by Crippen LogP contribution is 2.22. The Morgan fingerprint density at radius 2 is 1.95 bits per heavy atom. The van der Waals surface area contributed by atoms with Crippen LogP contribution in [-0.2, 0) is 4.79 Å². The van der Waals surface area contributed by atoms with Gasteiger partial charge in [-0.2, -0.15) is 0 Å². The van der Waals surface area contributed by atoms with Crippen LogP contribution >= 0.6 is 15.9 Å². The van der Waals surface area contributed by atoms with E-state index in [-0.39, 0.29) is 18.5 Å². The van der Waals surface area contributed by atoms with Gasteiger partial charge in [-0.1, -0.05) is 34.1 Å². The van der Waals surface area contributed by atoms with Gasteiger partial charge in [0.05, 0.1) is 6.54 Å². The molecule has 0 aliphatic rings. The standard InChI is InChI=1S/C15H16BrN3O/c1-11(13-4-2-3-5-14(13)16)18-10-15(20)19-12-6-8-17-9-7-12/h2-9,11,18H,10H2,1H3,(H,17,19,20)/t11-/m0/s1. The summed E-state index contributed by atoms with van der Waals surface area (Å²) in [7, 11) is 0. The first-order valence-electron chi connectivity index (χ1n) is 6.34. The molecule has 0 saturated heterocycles. The number of rotatable bonds is 5. The highest BCUT2D eigenvalue weighted by Gasteiger charge is 2.10. The molecule has 0 radical (unpaired) electrons. The molecule has 2 N–H and O–H groups in total. The first-order chi connectivity index (χ1) is 9.66. The number of carbonyl (C=O) groups excluding carboxylic acids is 1. The zero-order valence-electron chi connectivity index (χ0n) is 11.1. The van der Waals surface area contributed by atoms with Crippen LogP contribution in [0.4, 0.5) is 5.69 Å². The number of hydrogen-bond donors (Lipinski definition) is 2. The zero-order valence-corrected chi connectivity index (χ0v) is 12.7. The van der Waals surface area contributed by atoms with Crippen LogP contribution in [0.3, 0.4) is 0 Å². The van der Waals surface area contributed by atoms with Gasteiger partial charge in [-0.05, 0) is 30.7 Å². The molecule has 0 bridgehead atoms. The summed E-state index contributed by atoms with van der Waals surface area (Å²) in [5, 5.41) is 6.01. The minimum absolute atomic E-state index is 0.0740. The molecular weight excluding hydrogens is 318 g/mol. The highest BCUT2D eigenvalue weighted by molar-refractivity contribution is 9.10. The molecule has 5 heteroatoms. The molecule has 0 aliphatic carbocycles. The lowest BCUT2D eigenvalue weighted by atomic mass is 10.1. The summed E-state index contributed by atoms with van der Waals surface area (Å²) < 4.78 is 1.04. The summed E-state index contributed by atoms with van der Waals surface area (Å²) in [5.41, 5.74) is 1.88. The molecule has 1 atom stereocenters. The average Bonchev–Trinajstić information content (AvgIpc) is 2.46. The Labute approximate surface area is 126 Å². The molecule has 1 aromatic heterocycles. The maximum absolute atomic E-state index is 11.8. The van der Waals surface area contributed by atoms with E-state index in [1.165, 1.54) is 0 Å². The molecule has 1 heterocycles. The van der Waals surface area contributed by atoms with Gasteiger partial charge in [0, 0.05) is 28.6 Å². The number of hydrogen-bond acceptors (Lipinski definition) is 3. The maximum Gasteiger partial charge on any atom is 0.238 e. The summed E-state index contributed by atoms with van der Waals surface area (Å²) in [5.74, 6) is -0.0740. The molecule has 0 aliphatic heterocycles. The van der Waals surface area contributed by atoms with Crippen LogP contribution in [-0.4, -0.2) is 17.4 Å². The summed E-state index contributed by atoms with van der Waals surface area (Å²) in [6.45, 7) is 2.28. The van der Waals surface area contributed by atoms with E-state index in [0.717, 1.165) is 15.7 Å². The molecule has 2 aromatic rings. The third kappa shape index (κ3) is 4.15. The number of anilines is 1. The van der Waals surface area contributed by atoms with Crippen LogP contribution in [0.2, 0.25) is 0 Å². The lowest BCUT2D eigenvalue weighted by Gasteiger charge is -2.15. The van der Waals surface area contributed by atoms with E-state index in [9.17, 15) is 4.79 Å². The van der Waals surface area contributed by atoms with Gasteiger partial charge in [-0.3, -0.25) is 9.78 Å². The largest absolute Gasteiger partial charge is 0.325 e. The van der Waals surface area contributed by atoms with Crippen molar-refractivity contribution in [2.75, 3.05) is 11.9 Å². The first-order valence-corrected chi connectivity index (χ1v) is 7.14. The zero-order chi connectivity index (χ0) is 14.4. The van der Waals surface area contributed by atoms with Gasteiger partial charge in [0.15, 0.2) is 0 Å². The van der Waals surface area contributed by atoms with Crippen LogP contribution in [0.25, 0.3) is 0 Å². The predicted molar refractivity (Wildman–Crippen MR) is 83.4 cm³/mol. The van der Waals surface area contributed by atoms with E-state index in [1.807, 2.05) is 31.2 Å². The molecule has 20 heavy (non-hydrogen) atoms. The van der Waals surface area contributed by atoms with E-state index in [0.29, 0.717) is 0 Å². The van der Waals surface area contributed by atoms with Crippen molar-refractivity contribution in [2.24, 2.45) is 0 Å². The van der Waals surface area contributed by atoms with Crippen molar-refractivity contribution in [1.82, 2.24) is 10.3 Å². The Bertz CT molecular complexity index is 574. The fourth-order valence-electron chi connectivity index (χ4n) is 1.82. The maximum atomic E-state index is 11.8. The number of halogens is 1. The third-order valence-electron chi connectivity index (χ3n) is 2.90. The molecule has 0 saturated carbocycles. The molecule has 104 valence electrons. The van der Waals surface area contributed by atoms with Gasteiger partial charge >= 0.3 is 0 Å². The van der Waals surface area contributed by atoms with Crippen molar-refractivity contribution >= 4 is 27.5 Å². The van der Waals surface area contributed by atoms with Crippen LogP contribution in [0, 0.1) is 0 Å². The van der Waals surface area contributed by atoms with Crippen LogP contribution in [0.5, 0.6) is 0 Å². The normalized spacial score (nSPS) is 11.9. The second-order valence-corrected chi connectivity index (χ2v) is 5.26. The molecule has 1 amide bonds. The van der Waals surface area contributed by atoms with Crippen molar-refractivity contribution < 1.29 is 4.79 Å². The Balaban J connectivity index is 1.86. The van der Waals surface area contributed by atoms with Crippen LogP contribution in [0.1, 0.15) is 18.5 Å². The van der Waals surface area contributed by atoms with E-state index in [4.69, 9.17) is 0 Å². The minimum atomic E-state index is -0.0740. The predicted octanol–water partition coefficient (Wildman–Crippen LogP) is 3.13. The summed E-state index contributed by atoms with van der Waals surface area (Å²) in [6, 6.07) is 11.6. The number of nitrogens with zero attached hydrogens (tertiary/aromatic N) is 1. The number of aromatic nitrogens is 1. The van der Waals surface area contributed by atoms with Crippen molar-refractivity contribution in [2.45, 2.75) is 13.0 Å². The second-order valence-electron chi connectivity index (χ2n) is 4.41. The molecule has 4 nitrogen and oxygen atoms in total. The summed E-state index contributed by atoms with van der Waals surface area (Å²) in [4.78, 5) is 15.7. The van der Waals surface area contributed by atoms with Crippen molar-refractivity contribution in [3.8, 4) is 0 Å². The van der Waals surface area contributed by atoms with Crippen LogP contribution in [0.15, 0.2) is 53.3 Å². The molecule has 1 aromatic carbocycles. The quantitative estimate of drug-likeness (QED) is 0.883. The van der Waals surface area contributed by atoms with Crippen molar-refractivity contribution in [1.29, 1.82) is 0 Å². The Hall–Kier alpha value is -1.72. The average molecular weight is 334 g/mol. The first kappa shape index (κ1) is 14.7. The summed E-state index contributed by atoms with van der Waals surface area (Å²) in [6.07, 6.45) is 3.29. The SMILES string of the molecule is C[C@H](NCC(=O)Nc1ccncc1)c1ccccc1Br. The Morgan fingerprint density at radius 3 is 2.65 bits per heavy atom. The monoisotopic (exact) mass is 333 g/mol. The van der Waals surface area contributed by atoms with Gasteiger partial charge in [-0.25, -0.2) is 0 Å². The fourth-order valence-corrected chi connectivity index (χ4v) is 2.45. The third-order valence-corrected chi connectivity index (χ3v) is 3.63. The van der Waals surface area contributed by atoms with Gasteiger partial charge in [0.2, 0.25) is 5.91 Å². The minimum Gasteiger partial charge on any atom is -0.325 e. The second kappa shape index (κ2) is 7.17. The van der Waals surface area contributed by atoms with Gasteiger partial charge < -0.3 is 10.6 Å². The lowest BCUT2D eigenvalue weighted by Crippen LogP contribution is -2.30. The van der Waals surface area contributed by atoms with E-state index < -0.39 is 0 Å². The number of pyridine rings is 1. The molecule has 0 fully saturated rings. The molecule has 0 unspecified atom stereocenters. The molecule has 0 spiro atoms. The number of nitrogens with one attached hydrogen (secondary N) is 2.